The van der Waals surface area contributed by atoms with Crippen molar-refractivity contribution in [1.29, 1.82) is 0 Å². The molecular formula is C3H4BF3. The highest BCUT2D eigenvalue weighted by molar-refractivity contribution is 6.17. The molecule has 0 N–H and O–H groups in total. The van der Waals surface area contributed by atoms with Gasteiger partial charge in [-0.1, -0.05) is 0 Å². The summed E-state index contributed by atoms with van der Waals surface area (Å²) >= 11 is 0. The fraction of sp³-hybridized carbons (Fsp3) is 0.333. The van der Waals surface area contributed by atoms with Gasteiger partial charge >= 0.3 is 6.18 Å². The highest BCUT2D eigenvalue weighted by Gasteiger charge is 2.20. The van der Waals surface area contributed by atoms with Crippen molar-refractivity contribution in [2.24, 2.45) is 0 Å². The molecule has 0 radical (unpaired) electrons. The molecule has 0 unspecified atom stereocenters. The topological polar surface area (TPSA) is 0 Å². The Hall–Kier alpha value is -0.405. The van der Waals surface area contributed by atoms with Gasteiger partial charge in [-0.25, -0.2) is 0 Å². The second-order valence-electron chi connectivity index (χ2n) is 1.04. The first-order valence-corrected chi connectivity index (χ1v) is 1.77. The van der Waals surface area contributed by atoms with Crippen molar-refractivity contribution >= 4 is 7.85 Å². The molecule has 40 valence electrons. The van der Waals surface area contributed by atoms with Crippen molar-refractivity contribution in [2.45, 2.75) is 6.18 Å². The van der Waals surface area contributed by atoms with Crippen LogP contribution in [0.25, 0.3) is 0 Å². The molecule has 7 heavy (non-hydrogen) atoms. The van der Waals surface area contributed by atoms with Gasteiger partial charge in [0.2, 0.25) is 0 Å². The molecule has 0 saturated heterocycles. The van der Waals surface area contributed by atoms with E-state index in [4.69, 9.17) is 0 Å². The predicted octanol–water partition coefficient (Wildman–Crippen LogP) is 0.696. The van der Waals surface area contributed by atoms with Gasteiger partial charge in [0.25, 0.3) is 0 Å². The first-order valence-electron chi connectivity index (χ1n) is 1.77. The molecule has 0 bridgehead atoms. The Morgan fingerprint density at radius 3 is 1.71 bits per heavy atom. The minimum atomic E-state index is -4.13. The Bertz CT molecular complexity index is 72.7. The van der Waals surface area contributed by atoms with Gasteiger partial charge in [0.1, 0.15) is 7.85 Å². The summed E-state index contributed by atoms with van der Waals surface area (Å²) in [5.74, 6) is 0.958. The number of allylic oxidation sites excluding steroid dienone is 1. The van der Waals surface area contributed by atoms with E-state index < -0.39 is 6.18 Å². The van der Waals surface area contributed by atoms with Gasteiger partial charge in [-0.05, 0) is 0 Å². The first kappa shape index (κ1) is 6.59. The fourth-order valence-electron chi connectivity index (χ4n) is 0.189. The maximum atomic E-state index is 11.0. The van der Waals surface area contributed by atoms with E-state index in [9.17, 15) is 13.2 Å². The summed E-state index contributed by atoms with van der Waals surface area (Å²) in [6, 6.07) is 0. The molecule has 0 aliphatic carbocycles. The van der Waals surface area contributed by atoms with E-state index in [0.29, 0.717) is 0 Å². The minimum absolute atomic E-state index is 0.188. The third kappa shape index (κ3) is 5.59. The van der Waals surface area contributed by atoms with Crippen LogP contribution in [0.4, 0.5) is 13.2 Å². The molecule has 0 aromatic carbocycles. The zero-order chi connectivity index (χ0) is 5.91. The van der Waals surface area contributed by atoms with E-state index in [0.717, 1.165) is 5.98 Å². The maximum Gasteiger partial charge on any atom is 0.408 e. The third-order valence-corrected chi connectivity index (χ3v) is 0.356. The molecular weight excluding hydrogens is 104 g/mol. The molecule has 0 aromatic rings. The van der Waals surface area contributed by atoms with Crippen molar-refractivity contribution in [3.8, 4) is 0 Å². The van der Waals surface area contributed by atoms with Crippen molar-refractivity contribution in [2.75, 3.05) is 0 Å². The molecule has 0 saturated carbocycles. The molecule has 4 heteroatoms. The lowest BCUT2D eigenvalue weighted by Gasteiger charge is -1.93. The Balaban J connectivity index is 3.56. The largest absolute Gasteiger partial charge is 0.408 e. The van der Waals surface area contributed by atoms with Crippen LogP contribution in [0.1, 0.15) is 0 Å². The third-order valence-electron chi connectivity index (χ3n) is 0.356. The molecule has 0 aromatic heterocycles. The van der Waals surface area contributed by atoms with Gasteiger partial charge in [-0.3, -0.25) is 0 Å². The Morgan fingerprint density at radius 2 is 1.71 bits per heavy atom. The van der Waals surface area contributed by atoms with Gasteiger partial charge in [0, 0.05) is 6.08 Å². The first-order chi connectivity index (χ1) is 3.06. The molecule has 0 fully saturated rings. The predicted molar refractivity (Wildman–Crippen MR) is 23.7 cm³/mol. The summed E-state index contributed by atoms with van der Waals surface area (Å²) in [7, 11) is 1.33. The number of hydrogen-bond donors (Lipinski definition) is 0. The fourth-order valence-corrected chi connectivity index (χ4v) is 0.189. The van der Waals surface area contributed by atoms with Gasteiger partial charge in [-0.15, -0.1) is 5.98 Å². The van der Waals surface area contributed by atoms with Crippen molar-refractivity contribution in [1.82, 2.24) is 0 Å². The molecule has 0 nitrogen and oxygen atoms in total. The van der Waals surface area contributed by atoms with E-state index >= 15 is 0 Å². The standard InChI is InChI=1S/C3H4BF3/c4-2-1-3(5,6)7/h1-2H,4H2/b2-1-. The van der Waals surface area contributed by atoms with Crippen LogP contribution in [0, 0.1) is 0 Å². The van der Waals surface area contributed by atoms with Crippen LogP contribution in [0.3, 0.4) is 0 Å². The lowest BCUT2D eigenvalue weighted by atomic mass is 10.1. The summed E-state index contributed by atoms with van der Waals surface area (Å²) in [6.45, 7) is 0. The lowest BCUT2D eigenvalue weighted by molar-refractivity contribution is -0.0796. The molecule has 0 aliphatic rings. The average Bonchev–Trinajstić information content (AvgIpc) is 1.30. The average molecular weight is 108 g/mol. The molecule has 0 amide bonds. The number of hydrogen-bond acceptors (Lipinski definition) is 0. The van der Waals surface area contributed by atoms with E-state index in [1.807, 2.05) is 0 Å². The SMILES string of the molecule is B/C=C\C(F)(F)F. The molecule has 0 spiro atoms. The second-order valence-corrected chi connectivity index (χ2v) is 1.04. The highest BCUT2D eigenvalue weighted by Crippen LogP contribution is 2.14. The summed E-state index contributed by atoms with van der Waals surface area (Å²) in [5.41, 5.74) is 0. The maximum absolute atomic E-state index is 11.0. The van der Waals surface area contributed by atoms with E-state index in [-0.39, 0.29) is 6.08 Å². The normalized spacial score (nSPS) is 13.0. The highest BCUT2D eigenvalue weighted by atomic mass is 19.4. The Labute approximate surface area is 40.4 Å². The van der Waals surface area contributed by atoms with E-state index in [1.54, 1.807) is 0 Å². The molecule has 0 aliphatic heterocycles. The van der Waals surface area contributed by atoms with Crippen molar-refractivity contribution in [3.63, 3.8) is 0 Å². The zero-order valence-electron chi connectivity index (χ0n) is 3.79. The van der Waals surface area contributed by atoms with E-state index in [2.05, 4.69) is 0 Å². The minimum Gasteiger partial charge on any atom is -0.167 e. The second kappa shape index (κ2) is 2.05. The van der Waals surface area contributed by atoms with Crippen LogP contribution in [-0.4, -0.2) is 14.0 Å². The summed E-state index contributed by atoms with van der Waals surface area (Å²) in [5, 5.41) is 0. The van der Waals surface area contributed by atoms with Crippen LogP contribution in [0.15, 0.2) is 12.1 Å². The van der Waals surface area contributed by atoms with Crippen LogP contribution in [0.2, 0.25) is 0 Å². The van der Waals surface area contributed by atoms with E-state index in [1.165, 1.54) is 7.85 Å². The van der Waals surface area contributed by atoms with Crippen molar-refractivity contribution in [3.05, 3.63) is 12.1 Å². The smallest absolute Gasteiger partial charge is 0.167 e. The molecule has 0 heterocycles. The quantitative estimate of drug-likeness (QED) is 0.400. The molecule has 0 rings (SSSR count). The summed E-state index contributed by atoms with van der Waals surface area (Å²) < 4.78 is 32.9. The lowest BCUT2D eigenvalue weighted by Crippen LogP contribution is -1.99. The summed E-state index contributed by atoms with van der Waals surface area (Å²) in [4.78, 5) is 0. The van der Waals surface area contributed by atoms with Gasteiger partial charge in [0.15, 0.2) is 0 Å². The summed E-state index contributed by atoms with van der Waals surface area (Å²) in [6.07, 6.45) is -3.94. The number of alkyl halides is 3. The van der Waals surface area contributed by atoms with Crippen LogP contribution >= 0.6 is 0 Å². The Kier molecular flexibility index (Phi) is 1.93. The van der Waals surface area contributed by atoms with Gasteiger partial charge in [0.05, 0.1) is 0 Å². The van der Waals surface area contributed by atoms with Gasteiger partial charge < -0.3 is 0 Å². The van der Waals surface area contributed by atoms with Crippen LogP contribution in [-0.2, 0) is 0 Å². The van der Waals surface area contributed by atoms with Crippen molar-refractivity contribution < 1.29 is 13.2 Å². The molecule has 0 atom stereocenters. The van der Waals surface area contributed by atoms with Crippen LogP contribution < -0.4 is 0 Å². The number of rotatable bonds is 0. The Morgan fingerprint density at radius 1 is 1.29 bits per heavy atom. The zero-order valence-corrected chi connectivity index (χ0v) is 3.79. The van der Waals surface area contributed by atoms with Crippen LogP contribution in [0.5, 0.6) is 0 Å². The number of halogens is 3. The van der Waals surface area contributed by atoms with Gasteiger partial charge in [-0.2, -0.15) is 13.2 Å². The monoisotopic (exact) mass is 108 g/mol.